The summed E-state index contributed by atoms with van der Waals surface area (Å²) in [7, 11) is 0. The molecule has 1 saturated heterocycles. The van der Waals surface area contributed by atoms with E-state index >= 15 is 0 Å². The number of benzene rings is 2. The zero-order chi connectivity index (χ0) is 23.1. The van der Waals surface area contributed by atoms with Gasteiger partial charge in [0.2, 0.25) is 10.8 Å². The third-order valence-electron chi connectivity index (χ3n) is 5.84. The van der Waals surface area contributed by atoms with Crippen molar-refractivity contribution < 1.29 is 14.4 Å². The molecule has 2 aromatic heterocycles. The van der Waals surface area contributed by atoms with E-state index in [0.29, 0.717) is 28.8 Å². The van der Waals surface area contributed by atoms with Gasteiger partial charge in [0.1, 0.15) is 11.6 Å². The van der Waals surface area contributed by atoms with Gasteiger partial charge in [0.05, 0.1) is 15.8 Å². The molecule has 33 heavy (non-hydrogen) atoms. The van der Waals surface area contributed by atoms with Crippen molar-refractivity contribution in [2.24, 2.45) is 0 Å². The number of aryl methyl sites for hydroxylation is 1. The van der Waals surface area contributed by atoms with E-state index in [1.807, 2.05) is 0 Å². The maximum atomic E-state index is 13.3. The maximum Gasteiger partial charge on any atom is 0.269 e. The Labute approximate surface area is 192 Å². The zero-order valence-corrected chi connectivity index (χ0v) is 18.6. The van der Waals surface area contributed by atoms with Gasteiger partial charge < -0.3 is 10.0 Å². The molecule has 0 amide bonds. The largest absolute Gasteiger partial charge is 0.492 e. The molecule has 2 aromatic carbocycles. The van der Waals surface area contributed by atoms with E-state index in [9.17, 15) is 19.6 Å². The Morgan fingerprint density at radius 1 is 1.09 bits per heavy atom. The molecule has 0 bridgehead atoms. The molecule has 170 valence electrons. The third-order valence-corrected chi connectivity index (χ3v) is 6.92. The number of hydrogen-bond donors (Lipinski definition) is 1. The Bertz CT molecular complexity index is 1300. The second-order valence-electron chi connectivity index (χ2n) is 7.89. The predicted molar refractivity (Wildman–Crippen MR) is 122 cm³/mol. The number of non-ortho nitro benzene ring substituents is 1. The van der Waals surface area contributed by atoms with Crippen molar-refractivity contribution in [3.63, 3.8) is 0 Å². The maximum absolute atomic E-state index is 13.3. The van der Waals surface area contributed by atoms with Crippen LogP contribution in [0, 0.1) is 22.9 Å². The highest BCUT2D eigenvalue weighted by Crippen LogP contribution is 2.40. The summed E-state index contributed by atoms with van der Waals surface area (Å²) in [5.74, 6) is 0.334. The summed E-state index contributed by atoms with van der Waals surface area (Å²) in [6.45, 7) is 4.57. The van der Waals surface area contributed by atoms with Crippen LogP contribution in [0.25, 0.3) is 4.96 Å². The molecule has 0 aliphatic carbocycles. The van der Waals surface area contributed by atoms with Crippen LogP contribution in [0.4, 0.5) is 15.8 Å². The lowest BCUT2D eigenvalue weighted by Crippen LogP contribution is -2.47. The smallest absolute Gasteiger partial charge is 0.269 e. The van der Waals surface area contributed by atoms with E-state index in [1.165, 1.54) is 40.1 Å². The lowest BCUT2D eigenvalue weighted by Gasteiger charge is -2.40. The molecule has 1 aliphatic rings. The summed E-state index contributed by atoms with van der Waals surface area (Å²) in [4.78, 5) is 20.8. The topological polar surface area (TPSA) is 100 Å². The number of nitro groups is 1. The van der Waals surface area contributed by atoms with Gasteiger partial charge in [-0.2, -0.15) is 4.52 Å². The molecular weight excluding hydrogens is 447 g/mol. The lowest BCUT2D eigenvalue weighted by atomic mass is 10.0. The number of halogens is 1. The van der Waals surface area contributed by atoms with Crippen LogP contribution in [0.3, 0.4) is 0 Å². The van der Waals surface area contributed by atoms with Crippen molar-refractivity contribution in [2.75, 3.05) is 31.1 Å². The molecule has 0 radical (unpaired) electrons. The summed E-state index contributed by atoms with van der Waals surface area (Å²) in [5, 5.41) is 26.3. The van der Waals surface area contributed by atoms with Crippen LogP contribution in [0.15, 0.2) is 48.5 Å². The number of nitro benzene ring substituents is 1. The van der Waals surface area contributed by atoms with Crippen LogP contribution in [-0.2, 0) is 0 Å². The SMILES string of the molecule is Cc1nc2sc([C@H](c3ccc([N+](=O)[O-])cc3)N3CCN(c4ccc(F)cc4)CC3)c(O)n2n1. The van der Waals surface area contributed by atoms with Gasteiger partial charge in [0.15, 0.2) is 0 Å². The van der Waals surface area contributed by atoms with Crippen molar-refractivity contribution in [3.8, 4) is 5.88 Å². The molecule has 0 unspecified atom stereocenters. The van der Waals surface area contributed by atoms with E-state index in [-0.39, 0.29) is 23.4 Å². The molecule has 1 aliphatic heterocycles. The van der Waals surface area contributed by atoms with Crippen molar-refractivity contribution in [1.29, 1.82) is 0 Å². The van der Waals surface area contributed by atoms with Gasteiger partial charge in [-0.05, 0) is 36.8 Å². The standard InChI is InChI=1S/C22H21FN6O3S/c1-14-24-22-28(25-14)21(30)20(33-22)19(15-2-6-18(7-3-15)29(31)32)27-12-10-26(11-13-27)17-8-4-16(23)5-9-17/h2-9,19,30H,10-13H2,1H3/t19-/m0/s1. The van der Waals surface area contributed by atoms with E-state index in [1.54, 1.807) is 31.2 Å². The van der Waals surface area contributed by atoms with Crippen LogP contribution in [0.5, 0.6) is 5.88 Å². The molecule has 5 rings (SSSR count). The number of anilines is 1. The minimum Gasteiger partial charge on any atom is -0.492 e. The van der Waals surface area contributed by atoms with Gasteiger partial charge in [-0.15, -0.1) is 5.10 Å². The number of thiazole rings is 1. The van der Waals surface area contributed by atoms with E-state index in [2.05, 4.69) is 19.9 Å². The van der Waals surface area contributed by atoms with E-state index < -0.39 is 4.92 Å². The average Bonchev–Trinajstić information content (AvgIpc) is 3.32. The zero-order valence-electron chi connectivity index (χ0n) is 17.8. The third kappa shape index (κ3) is 4.00. The molecule has 4 aromatic rings. The monoisotopic (exact) mass is 468 g/mol. The van der Waals surface area contributed by atoms with Crippen molar-refractivity contribution in [1.82, 2.24) is 19.5 Å². The highest BCUT2D eigenvalue weighted by Gasteiger charge is 2.32. The Balaban J connectivity index is 1.47. The van der Waals surface area contributed by atoms with Gasteiger partial charge in [-0.25, -0.2) is 9.37 Å². The van der Waals surface area contributed by atoms with Gasteiger partial charge in [0.25, 0.3) is 5.69 Å². The minimum atomic E-state index is -0.427. The molecular formula is C22H21FN6O3S. The molecule has 1 atom stereocenters. The van der Waals surface area contributed by atoms with Gasteiger partial charge in [-0.3, -0.25) is 15.0 Å². The molecule has 0 saturated carbocycles. The number of aromatic nitrogens is 3. The average molecular weight is 469 g/mol. The molecule has 0 spiro atoms. The highest BCUT2D eigenvalue weighted by molar-refractivity contribution is 7.17. The molecule has 3 heterocycles. The minimum absolute atomic E-state index is 0.0149. The van der Waals surface area contributed by atoms with Crippen molar-refractivity contribution in [2.45, 2.75) is 13.0 Å². The number of fused-ring (bicyclic) bond motifs is 1. The number of piperazine rings is 1. The van der Waals surface area contributed by atoms with Crippen molar-refractivity contribution >= 4 is 27.7 Å². The first-order valence-corrected chi connectivity index (χ1v) is 11.3. The van der Waals surface area contributed by atoms with Gasteiger partial charge >= 0.3 is 0 Å². The van der Waals surface area contributed by atoms with Crippen LogP contribution in [0.1, 0.15) is 22.3 Å². The summed E-state index contributed by atoms with van der Waals surface area (Å²) in [6, 6.07) is 12.6. The Hall–Kier alpha value is -3.57. The summed E-state index contributed by atoms with van der Waals surface area (Å²) < 4.78 is 14.7. The second-order valence-corrected chi connectivity index (χ2v) is 8.90. The first-order chi connectivity index (χ1) is 15.9. The fourth-order valence-electron chi connectivity index (χ4n) is 4.22. The normalized spacial score (nSPS) is 15.8. The molecule has 11 heteroatoms. The van der Waals surface area contributed by atoms with Crippen LogP contribution in [-0.4, -0.2) is 55.7 Å². The summed E-state index contributed by atoms with van der Waals surface area (Å²) >= 11 is 1.36. The second kappa shape index (κ2) is 8.41. The lowest BCUT2D eigenvalue weighted by molar-refractivity contribution is -0.384. The molecule has 1 fully saturated rings. The highest BCUT2D eigenvalue weighted by atomic mass is 32.1. The van der Waals surface area contributed by atoms with Gasteiger partial charge in [0, 0.05) is 44.0 Å². The molecule has 9 nitrogen and oxygen atoms in total. The Morgan fingerprint density at radius 3 is 2.36 bits per heavy atom. The number of nitrogens with zero attached hydrogens (tertiary/aromatic N) is 6. The number of hydrogen-bond acceptors (Lipinski definition) is 8. The first-order valence-electron chi connectivity index (χ1n) is 10.4. The van der Waals surface area contributed by atoms with Gasteiger partial charge in [-0.1, -0.05) is 23.5 Å². The molecule has 1 N–H and O–H groups in total. The predicted octanol–water partition coefficient (Wildman–Crippen LogP) is 3.76. The Morgan fingerprint density at radius 2 is 1.76 bits per heavy atom. The van der Waals surface area contributed by atoms with Crippen LogP contribution >= 0.6 is 11.3 Å². The quantitative estimate of drug-likeness (QED) is 0.352. The van der Waals surface area contributed by atoms with E-state index in [0.717, 1.165) is 24.3 Å². The van der Waals surface area contributed by atoms with E-state index in [4.69, 9.17) is 0 Å². The number of rotatable bonds is 5. The fourth-order valence-corrected chi connectivity index (χ4v) is 5.39. The van der Waals surface area contributed by atoms with Crippen LogP contribution in [0.2, 0.25) is 0 Å². The first kappa shape index (κ1) is 21.3. The summed E-state index contributed by atoms with van der Waals surface area (Å²) in [5.41, 5.74) is 1.81. The number of aromatic hydroxyl groups is 1. The fraction of sp³-hybridized carbons (Fsp3) is 0.273. The Kier molecular flexibility index (Phi) is 5.43. The van der Waals surface area contributed by atoms with Crippen LogP contribution < -0.4 is 4.90 Å². The summed E-state index contributed by atoms with van der Waals surface area (Å²) in [6.07, 6.45) is 0. The van der Waals surface area contributed by atoms with Crippen molar-refractivity contribution in [3.05, 3.63) is 80.7 Å².